The van der Waals surface area contributed by atoms with Crippen molar-refractivity contribution in [2.45, 2.75) is 52.2 Å². The Labute approximate surface area is 124 Å². The normalized spacial score (nSPS) is 16.1. The molecule has 0 aliphatic carbocycles. The minimum atomic E-state index is 0.136. The van der Waals surface area contributed by atoms with E-state index in [1.165, 1.54) is 11.1 Å². The molecule has 3 nitrogen and oxygen atoms in total. The van der Waals surface area contributed by atoms with E-state index in [0.717, 1.165) is 19.6 Å². The number of nitrogens with zero attached hydrogens (tertiary/aromatic N) is 1. The van der Waals surface area contributed by atoms with Crippen LogP contribution in [0.4, 0.5) is 0 Å². The fourth-order valence-corrected chi connectivity index (χ4v) is 2.79. The van der Waals surface area contributed by atoms with Gasteiger partial charge in [-0.1, -0.05) is 43.7 Å². The summed E-state index contributed by atoms with van der Waals surface area (Å²) in [6.07, 6.45) is 0.967. The van der Waals surface area contributed by atoms with Gasteiger partial charge in [0.15, 0.2) is 0 Å². The zero-order valence-electron chi connectivity index (χ0n) is 13.6. The number of methoxy groups -OCH3 is 1. The molecule has 0 radical (unpaired) electrons. The van der Waals surface area contributed by atoms with Crippen LogP contribution in [0.15, 0.2) is 24.3 Å². The smallest absolute Gasteiger partial charge is 0.0615 e. The second-order valence-electron chi connectivity index (χ2n) is 5.56. The predicted molar refractivity (Wildman–Crippen MR) is 85.9 cm³/mol. The molecule has 0 aromatic heterocycles. The highest BCUT2D eigenvalue weighted by Gasteiger charge is 2.28. The summed E-state index contributed by atoms with van der Waals surface area (Å²) in [5.74, 6) is 0. The fraction of sp³-hybridized carbons (Fsp3) is 0.647. The molecule has 0 heterocycles. The Morgan fingerprint density at radius 2 is 1.80 bits per heavy atom. The van der Waals surface area contributed by atoms with Gasteiger partial charge in [-0.3, -0.25) is 4.90 Å². The van der Waals surface area contributed by atoms with Gasteiger partial charge in [-0.05, 0) is 32.4 Å². The van der Waals surface area contributed by atoms with Gasteiger partial charge in [0, 0.05) is 19.2 Å². The minimum Gasteiger partial charge on any atom is -0.383 e. The van der Waals surface area contributed by atoms with Gasteiger partial charge in [-0.15, -0.1) is 0 Å². The van der Waals surface area contributed by atoms with E-state index in [1.807, 2.05) is 0 Å². The van der Waals surface area contributed by atoms with Crippen molar-refractivity contribution in [3.63, 3.8) is 0 Å². The predicted octanol–water partition coefficient (Wildman–Crippen LogP) is 3.13. The fourth-order valence-electron chi connectivity index (χ4n) is 2.79. The van der Waals surface area contributed by atoms with E-state index < -0.39 is 0 Å². The van der Waals surface area contributed by atoms with Crippen LogP contribution in [-0.4, -0.2) is 37.2 Å². The van der Waals surface area contributed by atoms with Crippen LogP contribution in [0.2, 0.25) is 0 Å². The van der Waals surface area contributed by atoms with Gasteiger partial charge in [0.1, 0.15) is 0 Å². The Bertz CT molecular complexity index is 377. The summed E-state index contributed by atoms with van der Waals surface area (Å²) >= 11 is 0. The first kappa shape index (κ1) is 17.2. The van der Waals surface area contributed by atoms with Crippen LogP contribution in [-0.2, 0) is 4.74 Å². The maximum Gasteiger partial charge on any atom is 0.0615 e. The topological polar surface area (TPSA) is 38.5 Å². The summed E-state index contributed by atoms with van der Waals surface area (Å²) in [5.41, 5.74) is 9.00. The molecule has 3 unspecified atom stereocenters. The maximum absolute atomic E-state index is 6.42. The quantitative estimate of drug-likeness (QED) is 0.794. The van der Waals surface area contributed by atoms with Crippen molar-refractivity contribution in [3.8, 4) is 0 Å². The second kappa shape index (κ2) is 8.40. The van der Waals surface area contributed by atoms with Gasteiger partial charge in [0.25, 0.3) is 0 Å². The summed E-state index contributed by atoms with van der Waals surface area (Å²) < 4.78 is 5.32. The number of nitrogens with two attached hydrogens (primary N) is 1. The molecule has 0 bridgehead atoms. The standard InChI is InChI=1S/C17H30N2O/c1-6-16(18)17(15-10-8-13(3)9-11-15)19(7-2)14(4)12-20-5/h8-11,14,16-17H,6-7,12,18H2,1-5H3. The van der Waals surface area contributed by atoms with Gasteiger partial charge in [0.05, 0.1) is 12.6 Å². The molecule has 1 rings (SSSR count). The SMILES string of the molecule is CCC(N)C(c1ccc(C)cc1)N(CC)C(C)COC. The molecule has 114 valence electrons. The monoisotopic (exact) mass is 278 g/mol. The van der Waals surface area contributed by atoms with Crippen LogP contribution in [0.1, 0.15) is 44.4 Å². The molecule has 1 aromatic carbocycles. The highest BCUT2D eigenvalue weighted by atomic mass is 16.5. The molecule has 3 atom stereocenters. The molecule has 1 aromatic rings. The number of benzene rings is 1. The van der Waals surface area contributed by atoms with Crippen LogP contribution in [0.25, 0.3) is 0 Å². The largest absolute Gasteiger partial charge is 0.383 e. The van der Waals surface area contributed by atoms with Crippen LogP contribution < -0.4 is 5.73 Å². The first-order valence-corrected chi connectivity index (χ1v) is 7.61. The number of ether oxygens (including phenoxy) is 1. The average Bonchev–Trinajstić information content (AvgIpc) is 2.45. The first-order valence-electron chi connectivity index (χ1n) is 7.61. The van der Waals surface area contributed by atoms with E-state index in [2.05, 4.69) is 56.9 Å². The average molecular weight is 278 g/mol. The van der Waals surface area contributed by atoms with Crippen molar-refractivity contribution in [1.82, 2.24) is 4.90 Å². The lowest BCUT2D eigenvalue weighted by molar-refractivity contribution is 0.0628. The molecule has 0 aliphatic rings. The third-order valence-corrected chi connectivity index (χ3v) is 3.99. The van der Waals surface area contributed by atoms with Crippen molar-refractivity contribution in [2.24, 2.45) is 5.73 Å². The van der Waals surface area contributed by atoms with Crippen molar-refractivity contribution in [2.75, 3.05) is 20.3 Å². The summed E-state index contributed by atoms with van der Waals surface area (Å²) in [5, 5.41) is 0. The molecule has 0 amide bonds. The molecular weight excluding hydrogens is 248 g/mol. The Kier molecular flexibility index (Phi) is 7.20. The van der Waals surface area contributed by atoms with Crippen LogP contribution in [0.5, 0.6) is 0 Å². The molecule has 3 heteroatoms. The number of rotatable bonds is 8. The van der Waals surface area contributed by atoms with E-state index in [0.29, 0.717) is 6.04 Å². The minimum absolute atomic E-state index is 0.136. The van der Waals surface area contributed by atoms with Crippen LogP contribution in [0.3, 0.4) is 0 Å². The molecule has 20 heavy (non-hydrogen) atoms. The maximum atomic E-state index is 6.42. The lowest BCUT2D eigenvalue weighted by Crippen LogP contribution is -2.46. The summed E-state index contributed by atoms with van der Waals surface area (Å²) in [6, 6.07) is 9.48. The lowest BCUT2D eigenvalue weighted by Gasteiger charge is -2.39. The highest BCUT2D eigenvalue weighted by molar-refractivity contribution is 5.25. The van der Waals surface area contributed by atoms with Crippen molar-refractivity contribution in [3.05, 3.63) is 35.4 Å². The lowest BCUT2D eigenvalue weighted by atomic mass is 9.94. The molecule has 2 N–H and O–H groups in total. The molecule has 0 saturated carbocycles. The Balaban J connectivity index is 3.06. The van der Waals surface area contributed by atoms with Crippen molar-refractivity contribution >= 4 is 0 Å². The Morgan fingerprint density at radius 3 is 2.25 bits per heavy atom. The summed E-state index contributed by atoms with van der Waals surface area (Å²) in [6.45, 7) is 10.4. The zero-order valence-corrected chi connectivity index (χ0v) is 13.6. The third kappa shape index (κ3) is 4.30. The van der Waals surface area contributed by atoms with Gasteiger partial charge in [-0.25, -0.2) is 0 Å². The molecule has 0 saturated heterocycles. The highest BCUT2D eigenvalue weighted by Crippen LogP contribution is 2.27. The van der Waals surface area contributed by atoms with Gasteiger partial charge in [-0.2, -0.15) is 0 Å². The number of likely N-dealkylation sites (N-methyl/N-ethyl adjacent to an activating group) is 1. The van der Waals surface area contributed by atoms with Gasteiger partial charge < -0.3 is 10.5 Å². The summed E-state index contributed by atoms with van der Waals surface area (Å²) in [7, 11) is 1.75. The summed E-state index contributed by atoms with van der Waals surface area (Å²) in [4.78, 5) is 2.45. The number of hydrogen-bond acceptors (Lipinski definition) is 3. The number of aryl methyl sites for hydroxylation is 1. The Morgan fingerprint density at radius 1 is 1.20 bits per heavy atom. The zero-order chi connectivity index (χ0) is 15.1. The molecular formula is C17H30N2O. The molecule has 0 aliphatic heterocycles. The number of hydrogen-bond donors (Lipinski definition) is 1. The molecule has 0 spiro atoms. The van der Waals surface area contributed by atoms with Crippen molar-refractivity contribution < 1.29 is 4.74 Å². The van der Waals surface area contributed by atoms with E-state index in [-0.39, 0.29) is 12.1 Å². The van der Waals surface area contributed by atoms with E-state index in [9.17, 15) is 0 Å². The van der Waals surface area contributed by atoms with E-state index >= 15 is 0 Å². The van der Waals surface area contributed by atoms with Crippen molar-refractivity contribution in [1.29, 1.82) is 0 Å². The Hall–Kier alpha value is -0.900. The van der Waals surface area contributed by atoms with Gasteiger partial charge in [0.2, 0.25) is 0 Å². The van der Waals surface area contributed by atoms with E-state index in [1.54, 1.807) is 7.11 Å². The van der Waals surface area contributed by atoms with Gasteiger partial charge >= 0.3 is 0 Å². The van der Waals surface area contributed by atoms with Crippen LogP contribution >= 0.6 is 0 Å². The van der Waals surface area contributed by atoms with E-state index in [4.69, 9.17) is 10.5 Å². The van der Waals surface area contributed by atoms with Crippen LogP contribution in [0, 0.1) is 6.92 Å². The molecule has 0 fully saturated rings. The first-order chi connectivity index (χ1) is 9.54. The third-order valence-electron chi connectivity index (χ3n) is 3.99. The second-order valence-corrected chi connectivity index (χ2v) is 5.56.